The molecule has 1 unspecified atom stereocenters. The van der Waals surface area contributed by atoms with Crippen molar-refractivity contribution in [3.8, 4) is 0 Å². The molecule has 4 nitrogen and oxygen atoms in total. The maximum atomic E-state index is 12.3. The zero-order valence-electron chi connectivity index (χ0n) is 11.7. The Kier molecular flexibility index (Phi) is 8.78. The smallest absolute Gasteiger partial charge is 0.255 e. The number of pyridine rings is 1. The molecule has 2 heterocycles. The minimum absolute atomic E-state index is 0. The summed E-state index contributed by atoms with van der Waals surface area (Å²) >= 11 is 0. The van der Waals surface area contributed by atoms with Crippen LogP contribution in [0.1, 0.15) is 35.3 Å². The highest BCUT2D eigenvalue weighted by Gasteiger charge is 2.23. The molecular weight excluding hydrogens is 297 g/mol. The normalized spacial score (nSPS) is 17.9. The second-order valence-electron chi connectivity index (χ2n) is 5.03. The number of likely N-dealkylation sites (tertiary alicyclic amines) is 1. The first kappa shape index (κ1) is 19.2. The molecule has 1 aliphatic heterocycles. The number of piperidine rings is 1. The molecule has 114 valence electrons. The third-order valence-corrected chi connectivity index (χ3v) is 3.54. The van der Waals surface area contributed by atoms with Crippen molar-refractivity contribution in [1.82, 2.24) is 9.88 Å². The number of hydrogen-bond acceptors (Lipinski definition) is 3. The second-order valence-corrected chi connectivity index (χ2v) is 5.03. The fourth-order valence-electron chi connectivity index (χ4n) is 2.50. The molecule has 2 rings (SSSR count). The van der Waals surface area contributed by atoms with Gasteiger partial charge in [0.05, 0.1) is 5.56 Å². The Morgan fingerprint density at radius 3 is 2.80 bits per heavy atom. The lowest BCUT2D eigenvalue weighted by Crippen LogP contribution is -2.40. The zero-order chi connectivity index (χ0) is 13.0. The van der Waals surface area contributed by atoms with E-state index < -0.39 is 0 Å². The number of rotatable bonds is 3. The van der Waals surface area contributed by atoms with Gasteiger partial charge >= 0.3 is 0 Å². The lowest BCUT2D eigenvalue weighted by atomic mass is 9.94. The van der Waals surface area contributed by atoms with Gasteiger partial charge in [-0.3, -0.25) is 9.78 Å². The van der Waals surface area contributed by atoms with Gasteiger partial charge in [0.25, 0.3) is 5.91 Å². The molecule has 2 N–H and O–H groups in total. The van der Waals surface area contributed by atoms with E-state index in [0.29, 0.717) is 18.0 Å². The highest BCUT2D eigenvalue weighted by molar-refractivity contribution is 5.94. The van der Waals surface area contributed by atoms with Gasteiger partial charge in [0.2, 0.25) is 0 Å². The molecule has 0 bridgehead atoms. The SMILES string of the molecule is Cc1ccc(C(=O)N2CCCC(CCN)C2)cn1.Cl.Cl. The van der Waals surface area contributed by atoms with Gasteiger partial charge in [0.15, 0.2) is 0 Å². The minimum Gasteiger partial charge on any atom is -0.338 e. The largest absolute Gasteiger partial charge is 0.338 e. The zero-order valence-corrected chi connectivity index (χ0v) is 13.4. The number of amides is 1. The monoisotopic (exact) mass is 319 g/mol. The van der Waals surface area contributed by atoms with Crippen molar-refractivity contribution < 1.29 is 4.79 Å². The molecule has 1 saturated heterocycles. The van der Waals surface area contributed by atoms with Crippen LogP contribution in [0.25, 0.3) is 0 Å². The Balaban J connectivity index is 0.00000180. The fraction of sp³-hybridized carbons (Fsp3) is 0.571. The summed E-state index contributed by atoms with van der Waals surface area (Å²) in [5.41, 5.74) is 7.22. The molecule has 1 amide bonds. The predicted octanol–water partition coefficient (Wildman–Crippen LogP) is 2.43. The third kappa shape index (κ3) is 4.93. The van der Waals surface area contributed by atoms with Crippen LogP contribution in [0.3, 0.4) is 0 Å². The second kappa shape index (κ2) is 9.16. The van der Waals surface area contributed by atoms with Crippen LogP contribution >= 0.6 is 24.8 Å². The summed E-state index contributed by atoms with van der Waals surface area (Å²) < 4.78 is 0. The number of hydrogen-bond donors (Lipinski definition) is 1. The predicted molar refractivity (Wildman–Crippen MR) is 85.8 cm³/mol. The Morgan fingerprint density at radius 2 is 2.20 bits per heavy atom. The van der Waals surface area contributed by atoms with E-state index in [1.807, 2.05) is 24.0 Å². The summed E-state index contributed by atoms with van der Waals surface area (Å²) in [6.07, 6.45) is 4.95. The molecule has 0 radical (unpaired) electrons. The van der Waals surface area contributed by atoms with Gasteiger partial charge in [-0.1, -0.05) is 0 Å². The Morgan fingerprint density at radius 1 is 1.45 bits per heavy atom. The Bertz CT molecular complexity index is 409. The molecule has 0 saturated carbocycles. The van der Waals surface area contributed by atoms with E-state index in [1.165, 1.54) is 6.42 Å². The molecule has 20 heavy (non-hydrogen) atoms. The summed E-state index contributed by atoms with van der Waals surface area (Å²) in [5, 5.41) is 0. The highest BCUT2D eigenvalue weighted by Crippen LogP contribution is 2.20. The standard InChI is InChI=1S/C14H21N3O.2ClH/c1-11-4-5-13(9-16-11)14(18)17-8-2-3-12(10-17)6-7-15;;/h4-5,9,12H,2-3,6-8,10,15H2,1H3;2*1H. The Hall–Kier alpha value is -0.840. The van der Waals surface area contributed by atoms with Gasteiger partial charge in [-0.2, -0.15) is 0 Å². The van der Waals surface area contributed by atoms with Gasteiger partial charge in [-0.05, 0) is 50.8 Å². The van der Waals surface area contributed by atoms with Crippen molar-refractivity contribution in [2.45, 2.75) is 26.2 Å². The van der Waals surface area contributed by atoms with Gasteiger partial charge in [-0.25, -0.2) is 0 Å². The summed E-state index contributed by atoms with van der Waals surface area (Å²) in [6.45, 7) is 4.32. The maximum Gasteiger partial charge on any atom is 0.255 e. The van der Waals surface area contributed by atoms with Gasteiger partial charge in [0, 0.05) is 25.0 Å². The molecule has 6 heteroatoms. The summed E-state index contributed by atoms with van der Waals surface area (Å²) in [4.78, 5) is 18.4. The van der Waals surface area contributed by atoms with Gasteiger partial charge in [-0.15, -0.1) is 24.8 Å². The van der Waals surface area contributed by atoms with Gasteiger partial charge in [0.1, 0.15) is 0 Å². The average Bonchev–Trinajstić information content (AvgIpc) is 2.39. The molecule has 0 aliphatic carbocycles. The number of halogens is 2. The quantitative estimate of drug-likeness (QED) is 0.930. The van der Waals surface area contributed by atoms with Crippen LogP contribution in [-0.2, 0) is 0 Å². The number of carbonyl (C=O) groups is 1. The first-order chi connectivity index (χ1) is 8.70. The van der Waals surface area contributed by atoms with E-state index >= 15 is 0 Å². The molecule has 0 aromatic carbocycles. The van der Waals surface area contributed by atoms with E-state index in [4.69, 9.17) is 5.73 Å². The van der Waals surface area contributed by atoms with Crippen LogP contribution in [-0.4, -0.2) is 35.4 Å². The Labute approximate surface area is 132 Å². The van der Waals surface area contributed by atoms with Crippen molar-refractivity contribution in [2.75, 3.05) is 19.6 Å². The molecule has 0 spiro atoms. The van der Waals surface area contributed by atoms with Crippen LogP contribution in [0.5, 0.6) is 0 Å². The van der Waals surface area contributed by atoms with Crippen LogP contribution < -0.4 is 5.73 Å². The van der Waals surface area contributed by atoms with Crippen molar-refractivity contribution in [1.29, 1.82) is 0 Å². The van der Waals surface area contributed by atoms with Crippen molar-refractivity contribution >= 4 is 30.7 Å². The highest BCUT2D eigenvalue weighted by atomic mass is 35.5. The van der Waals surface area contributed by atoms with E-state index in [0.717, 1.165) is 31.6 Å². The molecule has 1 fully saturated rings. The molecule has 1 atom stereocenters. The number of nitrogens with two attached hydrogens (primary N) is 1. The number of aromatic nitrogens is 1. The molecule has 1 aromatic rings. The van der Waals surface area contributed by atoms with E-state index in [1.54, 1.807) is 6.20 Å². The molecular formula is C14H23Cl2N3O. The average molecular weight is 320 g/mol. The summed E-state index contributed by atoms with van der Waals surface area (Å²) in [7, 11) is 0. The van der Waals surface area contributed by atoms with E-state index in [2.05, 4.69) is 4.98 Å². The minimum atomic E-state index is 0. The molecule has 1 aromatic heterocycles. The first-order valence-electron chi connectivity index (χ1n) is 6.62. The van der Waals surface area contributed by atoms with Crippen LogP contribution in [0, 0.1) is 12.8 Å². The lowest BCUT2D eigenvalue weighted by molar-refractivity contribution is 0.0669. The first-order valence-corrected chi connectivity index (χ1v) is 6.62. The maximum absolute atomic E-state index is 12.3. The van der Waals surface area contributed by atoms with Crippen molar-refractivity contribution in [3.63, 3.8) is 0 Å². The van der Waals surface area contributed by atoms with Crippen LogP contribution in [0.2, 0.25) is 0 Å². The third-order valence-electron chi connectivity index (χ3n) is 3.54. The van der Waals surface area contributed by atoms with E-state index in [9.17, 15) is 4.79 Å². The fourth-order valence-corrected chi connectivity index (χ4v) is 2.50. The van der Waals surface area contributed by atoms with Crippen LogP contribution in [0.4, 0.5) is 0 Å². The van der Waals surface area contributed by atoms with Crippen molar-refractivity contribution in [3.05, 3.63) is 29.6 Å². The molecule has 1 aliphatic rings. The van der Waals surface area contributed by atoms with E-state index in [-0.39, 0.29) is 30.7 Å². The lowest BCUT2D eigenvalue weighted by Gasteiger charge is -2.32. The topological polar surface area (TPSA) is 59.2 Å². The number of aryl methyl sites for hydroxylation is 1. The number of carbonyl (C=O) groups excluding carboxylic acids is 1. The van der Waals surface area contributed by atoms with Gasteiger partial charge < -0.3 is 10.6 Å². The van der Waals surface area contributed by atoms with Crippen molar-refractivity contribution in [2.24, 2.45) is 11.7 Å². The summed E-state index contributed by atoms with van der Waals surface area (Å²) in [5.74, 6) is 0.662. The summed E-state index contributed by atoms with van der Waals surface area (Å²) in [6, 6.07) is 3.74. The van der Waals surface area contributed by atoms with Crippen LogP contribution in [0.15, 0.2) is 18.3 Å². The number of nitrogens with zero attached hydrogens (tertiary/aromatic N) is 2.